The third-order valence-electron chi connectivity index (χ3n) is 4.42. The maximum Gasteiger partial charge on any atom is 0.227 e. The second kappa shape index (κ2) is 5.19. The van der Waals surface area contributed by atoms with Crippen molar-refractivity contribution < 1.29 is 4.79 Å². The van der Waals surface area contributed by atoms with Gasteiger partial charge in [0.25, 0.3) is 0 Å². The molecule has 1 aliphatic heterocycles. The van der Waals surface area contributed by atoms with Crippen LogP contribution in [0.15, 0.2) is 24.5 Å². The Bertz CT molecular complexity index is 692. The van der Waals surface area contributed by atoms with Gasteiger partial charge in [0.2, 0.25) is 5.91 Å². The molecule has 0 spiro atoms. The Morgan fingerprint density at radius 1 is 1.36 bits per heavy atom. The van der Waals surface area contributed by atoms with Crippen LogP contribution in [0.2, 0.25) is 0 Å². The first kappa shape index (κ1) is 13.4. The van der Waals surface area contributed by atoms with Gasteiger partial charge in [0.15, 0.2) is 5.82 Å². The molecule has 0 N–H and O–H groups in total. The second-order valence-electron chi connectivity index (χ2n) is 6.28. The fourth-order valence-electron chi connectivity index (χ4n) is 3.16. The molecule has 3 heterocycles. The summed E-state index contributed by atoms with van der Waals surface area (Å²) >= 11 is 0. The third kappa shape index (κ3) is 2.38. The van der Waals surface area contributed by atoms with Gasteiger partial charge in [0.1, 0.15) is 5.82 Å². The van der Waals surface area contributed by atoms with Crippen molar-refractivity contribution in [3.63, 3.8) is 0 Å². The largest absolute Gasteiger partial charge is 0.333 e. The molecule has 0 unspecified atom stereocenters. The number of aromatic nitrogens is 4. The third-order valence-corrected chi connectivity index (χ3v) is 4.42. The minimum atomic E-state index is 0.127. The van der Waals surface area contributed by atoms with Crippen molar-refractivity contribution in [1.82, 2.24) is 24.6 Å². The predicted molar refractivity (Wildman–Crippen MR) is 80.1 cm³/mol. The summed E-state index contributed by atoms with van der Waals surface area (Å²) in [5.74, 6) is 2.74. The lowest BCUT2D eigenvalue weighted by atomic mass is 10.1. The molecule has 0 bridgehead atoms. The highest BCUT2D eigenvalue weighted by Gasteiger charge is 2.35. The van der Waals surface area contributed by atoms with Crippen LogP contribution in [0, 0.1) is 0 Å². The lowest BCUT2D eigenvalue weighted by Crippen LogP contribution is -2.41. The zero-order valence-electron chi connectivity index (χ0n) is 12.6. The Hall–Kier alpha value is -2.24. The standard InChI is InChI=1S/C16H19N5O/c1-11-9-20(15(22)7-12-3-2-6-17-8-12)10-14-18-19-16(21(11)14)13-4-5-13/h2-3,6,8,11,13H,4-5,7,9-10H2,1H3/t11-/m0/s1. The normalized spacial score (nSPS) is 20.8. The Balaban J connectivity index is 1.51. The van der Waals surface area contributed by atoms with E-state index in [0.717, 1.165) is 23.8 Å². The summed E-state index contributed by atoms with van der Waals surface area (Å²) in [5, 5.41) is 8.67. The van der Waals surface area contributed by atoms with Crippen molar-refractivity contribution in [2.24, 2.45) is 0 Å². The molecule has 6 heteroatoms. The predicted octanol–water partition coefficient (Wildman–Crippen LogP) is 1.70. The Labute approximate surface area is 129 Å². The first-order valence-corrected chi connectivity index (χ1v) is 7.82. The monoisotopic (exact) mass is 297 g/mol. The van der Waals surface area contributed by atoms with Gasteiger partial charge in [-0.05, 0) is 31.4 Å². The van der Waals surface area contributed by atoms with E-state index in [1.807, 2.05) is 17.0 Å². The molecule has 1 saturated carbocycles. The van der Waals surface area contributed by atoms with Crippen molar-refractivity contribution in [3.05, 3.63) is 41.7 Å². The summed E-state index contributed by atoms with van der Waals surface area (Å²) in [6.45, 7) is 3.43. The van der Waals surface area contributed by atoms with Gasteiger partial charge in [-0.15, -0.1) is 10.2 Å². The second-order valence-corrected chi connectivity index (χ2v) is 6.28. The minimum Gasteiger partial charge on any atom is -0.333 e. The quantitative estimate of drug-likeness (QED) is 0.865. The summed E-state index contributed by atoms with van der Waals surface area (Å²) in [5.41, 5.74) is 0.950. The summed E-state index contributed by atoms with van der Waals surface area (Å²) in [7, 11) is 0. The Morgan fingerprint density at radius 3 is 2.95 bits per heavy atom. The van der Waals surface area contributed by atoms with Gasteiger partial charge in [-0.2, -0.15) is 0 Å². The van der Waals surface area contributed by atoms with Crippen molar-refractivity contribution in [2.45, 2.75) is 44.7 Å². The van der Waals surface area contributed by atoms with Crippen LogP contribution >= 0.6 is 0 Å². The molecule has 0 saturated heterocycles. The molecule has 1 atom stereocenters. The SMILES string of the molecule is C[C@H]1CN(C(=O)Cc2cccnc2)Cc2nnc(C3CC3)n21. The van der Waals surface area contributed by atoms with Crippen molar-refractivity contribution in [1.29, 1.82) is 0 Å². The van der Waals surface area contributed by atoms with Crippen LogP contribution < -0.4 is 0 Å². The first-order valence-electron chi connectivity index (χ1n) is 7.82. The van der Waals surface area contributed by atoms with E-state index >= 15 is 0 Å². The number of rotatable bonds is 3. The van der Waals surface area contributed by atoms with E-state index in [1.165, 1.54) is 12.8 Å². The van der Waals surface area contributed by atoms with Crippen LogP contribution in [-0.4, -0.2) is 37.1 Å². The molecule has 1 aliphatic carbocycles. The molecule has 114 valence electrons. The fourth-order valence-corrected chi connectivity index (χ4v) is 3.16. The van der Waals surface area contributed by atoms with Gasteiger partial charge in [0, 0.05) is 24.9 Å². The molecule has 1 amide bonds. The van der Waals surface area contributed by atoms with E-state index < -0.39 is 0 Å². The summed E-state index contributed by atoms with van der Waals surface area (Å²) < 4.78 is 2.24. The van der Waals surface area contributed by atoms with E-state index in [9.17, 15) is 4.79 Å². The summed E-state index contributed by atoms with van der Waals surface area (Å²) in [6, 6.07) is 4.04. The Kier molecular flexibility index (Phi) is 3.17. The maximum absolute atomic E-state index is 12.5. The fraction of sp³-hybridized carbons (Fsp3) is 0.500. The number of carbonyl (C=O) groups is 1. The van der Waals surface area contributed by atoms with E-state index in [1.54, 1.807) is 12.4 Å². The van der Waals surface area contributed by atoms with E-state index in [4.69, 9.17) is 0 Å². The number of amides is 1. The average molecular weight is 297 g/mol. The number of hydrogen-bond acceptors (Lipinski definition) is 4. The highest BCUT2D eigenvalue weighted by molar-refractivity contribution is 5.78. The smallest absolute Gasteiger partial charge is 0.227 e. The number of carbonyl (C=O) groups excluding carboxylic acids is 1. The van der Waals surface area contributed by atoms with Crippen LogP contribution in [0.3, 0.4) is 0 Å². The lowest BCUT2D eigenvalue weighted by molar-refractivity contribution is -0.132. The lowest BCUT2D eigenvalue weighted by Gasteiger charge is -2.32. The molecule has 0 radical (unpaired) electrons. The van der Waals surface area contributed by atoms with Crippen LogP contribution in [0.5, 0.6) is 0 Å². The number of pyridine rings is 1. The van der Waals surface area contributed by atoms with Gasteiger partial charge >= 0.3 is 0 Å². The number of nitrogens with zero attached hydrogens (tertiary/aromatic N) is 5. The highest BCUT2D eigenvalue weighted by Crippen LogP contribution is 2.40. The van der Waals surface area contributed by atoms with Crippen LogP contribution in [0.25, 0.3) is 0 Å². The molecular formula is C16H19N5O. The minimum absolute atomic E-state index is 0.127. The highest BCUT2D eigenvalue weighted by atomic mass is 16.2. The van der Waals surface area contributed by atoms with Crippen LogP contribution in [0.1, 0.15) is 48.9 Å². The number of hydrogen-bond donors (Lipinski definition) is 0. The molecule has 6 nitrogen and oxygen atoms in total. The van der Waals surface area contributed by atoms with Gasteiger partial charge in [-0.1, -0.05) is 6.07 Å². The van der Waals surface area contributed by atoms with Gasteiger partial charge < -0.3 is 9.47 Å². The van der Waals surface area contributed by atoms with Crippen molar-refractivity contribution in [2.75, 3.05) is 6.54 Å². The van der Waals surface area contributed by atoms with Crippen LogP contribution in [-0.2, 0) is 17.8 Å². The van der Waals surface area contributed by atoms with Crippen molar-refractivity contribution >= 4 is 5.91 Å². The zero-order chi connectivity index (χ0) is 15.1. The molecule has 2 aromatic heterocycles. The maximum atomic E-state index is 12.5. The number of fused-ring (bicyclic) bond motifs is 1. The van der Waals surface area contributed by atoms with Gasteiger partial charge in [-0.3, -0.25) is 9.78 Å². The molecule has 2 aliphatic rings. The molecule has 2 aromatic rings. The van der Waals surface area contributed by atoms with Gasteiger partial charge in [0.05, 0.1) is 19.0 Å². The Morgan fingerprint density at radius 2 is 2.23 bits per heavy atom. The van der Waals surface area contributed by atoms with E-state index in [0.29, 0.717) is 18.9 Å². The molecular weight excluding hydrogens is 278 g/mol. The van der Waals surface area contributed by atoms with Gasteiger partial charge in [-0.25, -0.2) is 0 Å². The molecule has 22 heavy (non-hydrogen) atoms. The van der Waals surface area contributed by atoms with Crippen LogP contribution in [0.4, 0.5) is 0 Å². The van der Waals surface area contributed by atoms with E-state index in [-0.39, 0.29) is 11.9 Å². The zero-order valence-corrected chi connectivity index (χ0v) is 12.6. The molecule has 4 rings (SSSR count). The molecule has 0 aromatic carbocycles. The van der Waals surface area contributed by atoms with Crippen molar-refractivity contribution in [3.8, 4) is 0 Å². The first-order chi connectivity index (χ1) is 10.7. The molecule has 1 fully saturated rings. The van der Waals surface area contributed by atoms with E-state index in [2.05, 4.69) is 26.7 Å². The topological polar surface area (TPSA) is 63.9 Å². The average Bonchev–Trinajstić information content (AvgIpc) is 3.27. The summed E-state index contributed by atoms with van der Waals surface area (Å²) in [6.07, 6.45) is 6.30. The summed E-state index contributed by atoms with van der Waals surface area (Å²) in [4.78, 5) is 18.5.